The van der Waals surface area contributed by atoms with Gasteiger partial charge in [0.25, 0.3) is 0 Å². The Morgan fingerprint density at radius 2 is 1.97 bits per heavy atom. The molecule has 0 saturated heterocycles. The Hall–Kier alpha value is -2.90. The van der Waals surface area contributed by atoms with Crippen LogP contribution in [0.15, 0.2) is 42.6 Å². The zero-order valence-electron chi connectivity index (χ0n) is 19.0. The highest BCUT2D eigenvalue weighted by atomic mass is 35.5. The highest BCUT2D eigenvalue weighted by Gasteiger charge is 2.30. The summed E-state index contributed by atoms with van der Waals surface area (Å²) in [6.07, 6.45) is 4.14. The first-order valence-electron chi connectivity index (χ1n) is 11.2. The first-order valence-corrected chi connectivity index (χ1v) is 11.5. The number of fused-ring (bicyclic) bond motifs is 2. The lowest BCUT2D eigenvalue weighted by Gasteiger charge is -2.28. The van der Waals surface area contributed by atoms with Gasteiger partial charge in [0, 0.05) is 11.6 Å². The zero-order chi connectivity index (χ0) is 23.7. The largest absolute Gasteiger partial charge is 0.393 e. The second-order valence-electron chi connectivity index (χ2n) is 8.76. The number of aliphatic hydroxyl groups excluding tert-OH is 1. The van der Waals surface area contributed by atoms with Crippen molar-refractivity contribution in [2.24, 2.45) is 0 Å². The molecule has 4 N–H and O–H groups in total. The van der Waals surface area contributed by atoms with Gasteiger partial charge in [0.1, 0.15) is 5.82 Å². The minimum absolute atomic E-state index is 0.0192. The van der Waals surface area contributed by atoms with E-state index in [1.54, 1.807) is 0 Å². The molecule has 0 spiro atoms. The molecule has 0 saturated carbocycles. The fourth-order valence-electron chi connectivity index (χ4n) is 4.55. The highest BCUT2D eigenvalue weighted by Crippen LogP contribution is 2.41. The van der Waals surface area contributed by atoms with Crippen molar-refractivity contribution in [1.82, 2.24) is 9.97 Å². The van der Waals surface area contributed by atoms with Crippen molar-refractivity contribution < 1.29 is 9.50 Å². The van der Waals surface area contributed by atoms with E-state index in [0.29, 0.717) is 22.0 Å². The molecule has 0 amide bonds. The van der Waals surface area contributed by atoms with Crippen molar-refractivity contribution in [3.63, 3.8) is 0 Å². The Labute approximate surface area is 198 Å². The third kappa shape index (κ3) is 4.89. The highest BCUT2D eigenvalue weighted by molar-refractivity contribution is 6.33. The number of aryl methyl sites for hydroxylation is 1. The van der Waals surface area contributed by atoms with Crippen LogP contribution in [0, 0.1) is 5.82 Å². The topological polar surface area (TPSA) is 87.3 Å². The van der Waals surface area contributed by atoms with Gasteiger partial charge in [-0.15, -0.1) is 0 Å². The number of anilines is 3. The molecule has 33 heavy (non-hydrogen) atoms. The van der Waals surface area contributed by atoms with Crippen molar-refractivity contribution in [3.8, 4) is 11.3 Å². The predicted molar refractivity (Wildman–Crippen MR) is 132 cm³/mol. The van der Waals surface area contributed by atoms with Crippen LogP contribution in [0.4, 0.5) is 21.7 Å². The lowest BCUT2D eigenvalue weighted by Crippen LogP contribution is -2.38. The van der Waals surface area contributed by atoms with Gasteiger partial charge in [0.05, 0.1) is 40.6 Å². The second kappa shape index (κ2) is 9.53. The average Bonchev–Trinajstić information content (AvgIpc) is 3.12. The summed E-state index contributed by atoms with van der Waals surface area (Å²) >= 11 is 6.13. The third-order valence-corrected chi connectivity index (χ3v) is 6.31. The number of hydrogen-bond acceptors (Lipinski definition) is 6. The molecule has 0 fully saturated rings. The van der Waals surface area contributed by atoms with Crippen LogP contribution < -0.4 is 16.0 Å². The number of nitrogens with two attached hydrogens (primary N) is 1. The first-order chi connectivity index (χ1) is 15.7. The van der Waals surface area contributed by atoms with Crippen LogP contribution in [-0.2, 0) is 12.8 Å². The molecule has 6 nitrogen and oxygen atoms in total. The van der Waals surface area contributed by atoms with E-state index in [4.69, 9.17) is 17.3 Å². The summed E-state index contributed by atoms with van der Waals surface area (Å²) in [6.45, 7) is 6.12. The third-order valence-electron chi connectivity index (χ3n) is 6.03. The number of halogens is 2. The Kier molecular flexibility index (Phi) is 6.72. The summed E-state index contributed by atoms with van der Waals surface area (Å²) in [5.74, 6) is -0.233. The van der Waals surface area contributed by atoms with E-state index >= 15 is 0 Å². The maximum Gasteiger partial charge on any atom is 0.220 e. The maximum atomic E-state index is 14.5. The van der Waals surface area contributed by atoms with E-state index in [2.05, 4.69) is 52.2 Å². The minimum atomic E-state index is -0.337. The summed E-state index contributed by atoms with van der Waals surface area (Å²) in [5, 5.41) is 12.9. The van der Waals surface area contributed by atoms with E-state index < -0.39 is 0 Å². The summed E-state index contributed by atoms with van der Waals surface area (Å²) in [7, 11) is 0. The van der Waals surface area contributed by atoms with E-state index in [0.717, 1.165) is 24.9 Å². The van der Waals surface area contributed by atoms with Crippen LogP contribution in [0.1, 0.15) is 38.3 Å². The number of nitrogen functional groups attached to an aromatic ring is 1. The lowest BCUT2D eigenvalue weighted by molar-refractivity contribution is 0.158. The molecule has 2 heterocycles. The van der Waals surface area contributed by atoms with Crippen LogP contribution >= 0.6 is 11.6 Å². The fraction of sp³-hybridized carbons (Fsp3) is 0.360. The van der Waals surface area contributed by atoms with Crippen molar-refractivity contribution in [1.29, 1.82) is 0 Å². The summed E-state index contributed by atoms with van der Waals surface area (Å²) in [5.41, 5.74) is 10.7. The van der Waals surface area contributed by atoms with E-state index in [-0.39, 0.29) is 30.1 Å². The van der Waals surface area contributed by atoms with Gasteiger partial charge >= 0.3 is 0 Å². The van der Waals surface area contributed by atoms with Crippen molar-refractivity contribution >= 4 is 28.9 Å². The van der Waals surface area contributed by atoms with Gasteiger partial charge in [-0.25, -0.2) is 14.4 Å². The zero-order valence-corrected chi connectivity index (χ0v) is 19.8. The van der Waals surface area contributed by atoms with Crippen LogP contribution in [0.5, 0.6) is 0 Å². The Balaban J connectivity index is 0.000000196. The molecule has 1 aliphatic heterocycles. The standard InChI is InChI=1S/C15H17ClFN5.C10H12O/c1-7(2)22-8(3)20-14-11(17)4-9(5-12(14)22)13-10(16)6-19-15(18)21-13;11-10-6-5-8-3-1-2-4-9(8)7-10/h4-8,20H,1-3H3,(H2,18,19,21);1-4,10-11H,5-7H2. The molecule has 2 aromatic carbocycles. The molecular formula is C25H29ClFN5O. The first kappa shape index (κ1) is 23.3. The minimum Gasteiger partial charge on any atom is -0.393 e. The van der Waals surface area contributed by atoms with Gasteiger partial charge in [0.15, 0.2) is 0 Å². The second-order valence-corrected chi connectivity index (χ2v) is 9.17. The van der Waals surface area contributed by atoms with Gasteiger partial charge in [-0.3, -0.25) is 0 Å². The Morgan fingerprint density at radius 3 is 2.70 bits per heavy atom. The van der Waals surface area contributed by atoms with Gasteiger partial charge in [0.2, 0.25) is 5.95 Å². The van der Waals surface area contributed by atoms with Gasteiger partial charge in [-0.1, -0.05) is 35.9 Å². The molecule has 5 rings (SSSR count). The van der Waals surface area contributed by atoms with Crippen molar-refractivity contribution in [3.05, 3.63) is 64.6 Å². The normalized spacial score (nSPS) is 18.8. The van der Waals surface area contributed by atoms with Gasteiger partial charge < -0.3 is 21.1 Å². The van der Waals surface area contributed by atoms with Crippen LogP contribution in [0.25, 0.3) is 11.3 Å². The van der Waals surface area contributed by atoms with E-state index in [1.807, 2.05) is 19.1 Å². The molecule has 174 valence electrons. The summed E-state index contributed by atoms with van der Waals surface area (Å²) in [4.78, 5) is 10.1. The number of benzene rings is 2. The number of nitrogens with zero attached hydrogens (tertiary/aromatic N) is 3. The van der Waals surface area contributed by atoms with E-state index in [9.17, 15) is 9.50 Å². The quantitative estimate of drug-likeness (QED) is 0.487. The van der Waals surface area contributed by atoms with Crippen molar-refractivity contribution in [2.45, 2.75) is 58.3 Å². The van der Waals surface area contributed by atoms with E-state index in [1.165, 1.54) is 23.4 Å². The molecule has 1 aromatic heterocycles. The number of aromatic nitrogens is 2. The Bertz CT molecular complexity index is 1160. The number of aliphatic hydroxyl groups is 1. The fourth-order valence-corrected chi connectivity index (χ4v) is 4.75. The summed E-state index contributed by atoms with van der Waals surface area (Å²) < 4.78 is 14.5. The lowest BCUT2D eigenvalue weighted by atomic mass is 9.90. The molecule has 0 radical (unpaired) electrons. The summed E-state index contributed by atoms with van der Waals surface area (Å²) in [6, 6.07) is 11.9. The molecule has 0 bridgehead atoms. The van der Waals surface area contributed by atoms with Crippen molar-refractivity contribution in [2.75, 3.05) is 16.0 Å². The molecule has 8 heteroatoms. The number of rotatable bonds is 2. The number of hydrogen-bond donors (Lipinski definition) is 3. The van der Waals surface area contributed by atoms with Crippen LogP contribution in [0.3, 0.4) is 0 Å². The SMILES string of the molecule is CC(C)N1c2cc(-c3nc(N)ncc3Cl)cc(F)c2NC1C.OC1CCc2ccccc2C1. The number of nitrogens with one attached hydrogen (secondary N) is 1. The van der Waals surface area contributed by atoms with Gasteiger partial charge in [-0.2, -0.15) is 0 Å². The van der Waals surface area contributed by atoms with Crippen LogP contribution in [0.2, 0.25) is 5.02 Å². The Morgan fingerprint density at radius 1 is 1.24 bits per heavy atom. The molecule has 2 atom stereocenters. The smallest absolute Gasteiger partial charge is 0.220 e. The monoisotopic (exact) mass is 469 g/mol. The average molecular weight is 470 g/mol. The molecule has 1 aliphatic carbocycles. The van der Waals surface area contributed by atoms with Crippen LogP contribution in [-0.4, -0.2) is 33.4 Å². The molecule has 2 unspecified atom stereocenters. The van der Waals surface area contributed by atoms with Gasteiger partial charge in [-0.05, 0) is 63.3 Å². The molecular weight excluding hydrogens is 441 g/mol. The molecule has 3 aromatic rings. The maximum absolute atomic E-state index is 14.5. The molecule has 2 aliphatic rings. The predicted octanol–water partition coefficient (Wildman–Crippen LogP) is 5.04.